The van der Waals surface area contributed by atoms with Crippen LogP contribution in [0.25, 0.3) is 0 Å². The van der Waals surface area contributed by atoms with Gasteiger partial charge < -0.3 is 5.73 Å². The first kappa shape index (κ1) is 13.6. The number of hydrogen-bond donors (Lipinski definition) is 1. The highest BCUT2D eigenvalue weighted by Crippen LogP contribution is 2.11. The molecule has 0 amide bonds. The van der Waals surface area contributed by atoms with Crippen LogP contribution >= 0.6 is 27.5 Å². The van der Waals surface area contributed by atoms with E-state index < -0.39 is 0 Å². The minimum atomic E-state index is -0.219. The van der Waals surface area contributed by atoms with E-state index >= 15 is 0 Å². The molecule has 0 heterocycles. The van der Waals surface area contributed by atoms with Gasteiger partial charge in [0.15, 0.2) is 0 Å². The molecule has 1 aromatic carbocycles. The van der Waals surface area contributed by atoms with E-state index in [4.69, 9.17) is 11.6 Å². The third-order valence-electron chi connectivity index (χ3n) is 1.56. The standard InChI is InChI=1S/C9H10ClNO.CH3Br/c1-6(11)9(12)7-3-2-4-8(10)5-7;1-2/h2-6H,11H2,1H3;1H3/p+1. The summed E-state index contributed by atoms with van der Waals surface area (Å²) in [4.78, 5) is 11.4. The average molecular weight is 280 g/mol. The summed E-state index contributed by atoms with van der Waals surface area (Å²) >= 11 is 8.66. The van der Waals surface area contributed by atoms with E-state index in [0.29, 0.717) is 10.6 Å². The average Bonchev–Trinajstić information content (AvgIpc) is 2.19. The third-order valence-corrected chi connectivity index (χ3v) is 1.79. The number of benzene rings is 1. The van der Waals surface area contributed by atoms with E-state index in [0.717, 1.165) is 0 Å². The van der Waals surface area contributed by atoms with Crippen molar-refractivity contribution < 1.29 is 10.5 Å². The summed E-state index contributed by atoms with van der Waals surface area (Å²) in [5.41, 5.74) is 4.28. The molecule has 0 fully saturated rings. The molecule has 78 valence electrons. The minimum Gasteiger partial charge on any atom is -0.349 e. The van der Waals surface area contributed by atoms with Gasteiger partial charge >= 0.3 is 0 Å². The molecule has 4 heteroatoms. The number of hydrogen-bond acceptors (Lipinski definition) is 1. The van der Waals surface area contributed by atoms with Crippen molar-refractivity contribution in [2.75, 3.05) is 5.83 Å². The smallest absolute Gasteiger partial charge is 0.219 e. The molecule has 0 radical (unpaired) electrons. The lowest BCUT2D eigenvalue weighted by Crippen LogP contribution is -2.63. The van der Waals surface area contributed by atoms with Crippen LogP contribution in [0.15, 0.2) is 24.3 Å². The lowest BCUT2D eigenvalue weighted by Gasteiger charge is -2.01. The molecule has 1 aromatic rings. The number of quaternary nitrogens is 1. The first-order valence-electron chi connectivity index (χ1n) is 4.12. The fraction of sp³-hybridized carbons (Fsp3) is 0.300. The number of halogens is 2. The Balaban J connectivity index is 0.000000791. The van der Waals surface area contributed by atoms with Crippen molar-refractivity contribution in [2.24, 2.45) is 0 Å². The molecule has 1 rings (SSSR count). The van der Waals surface area contributed by atoms with E-state index in [-0.39, 0.29) is 11.8 Å². The van der Waals surface area contributed by atoms with Gasteiger partial charge in [0.2, 0.25) is 5.78 Å². The SMILES string of the molecule is CBr.CC([NH3+])C(=O)c1cccc(Cl)c1. The van der Waals surface area contributed by atoms with Crippen molar-refractivity contribution in [3.63, 3.8) is 0 Å². The Morgan fingerprint density at radius 1 is 1.50 bits per heavy atom. The number of Topliss-reactive ketones (excluding diaryl/α,β-unsaturated/α-hetero) is 1. The Hall–Kier alpha value is -0.380. The topological polar surface area (TPSA) is 44.7 Å². The van der Waals surface area contributed by atoms with E-state index in [2.05, 4.69) is 21.7 Å². The van der Waals surface area contributed by atoms with E-state index in [9.17, 15) is 4.79 Å². The van der Waals surface area contributed by atoms with Crippen LogP contribution in [0.5, 0.6) is 0 Å². The molecule has 0 aliphatic heterocycles. The first-order valence-corrected chi connectivity index (χ1v) is 6.08. The van der Waals surface area contributed by atoms with E-state index in [1.54, 1.807) is 31.2 Å². The van der Waals surface area contributed by atoms with Crippen LogP contribution in [-0.2, 0) is 0 Å². The number of rotatable bonds is 2. The quantitative estimate of drug-likeness (QED) is 0.654. The molecule has 0 aromatic heterocycles. The van der Waals surface area contributed by atoms with E-state index in [1.165, 1.54) is 0 Å². The minimum absolute atomic E-state index is 0.0255. The Morgan fingerprint density at radius 3 is 2.50 bits per heavy atom. The molecule has 1 unspecified atom stereocenters. The van der Waals surface area contributed by atoms with Crippen LogP contribution in [0.3, 0.4) is 0 Å². The van der Waals surface area contributed by atoms with Crippen LogP contribution in [0, 0.1) is 0 Å². The number of ketones is 1. The Labute approximate surface area is 97.6 Å². The maximum absolute atomic E-state index is 11.4. The van der Waals surface area contributed by atoms with Crippen molar-refractivity contribution >= 4 is 33.3 Å². The molecule has 0 saturated carbocycles. The normalized spacial score (nSPS) is 11.2. The summed E-state index contributed by atoms with van der Waals surface area (Å²) in [6.07, 6.45) is 0. The lowest BCUT2D eigenvalue weighted by molar-refractivity contribution is -0.393. The highest BCUT2D eigenvalue weighted by Gasteiger charge is 2.13. The Bertz CT molecular complexity index is 302. The summed E-state index contributed by atoms with van der Waals surface area (Å²) in [7, 11) is 0. The number of carbonyl (C=O) groups excluding carboxylic acids is 1. The fourth-order valence-electron chi connectivity index (χ4n) is 0.926. The zero-order valence-electron chi connectivity index (χ0n) is 8.26. The van der Waals surface area contributed by atoms with Gasteiger partial charge in [-0.2, -0.15) is 0 Å². The van der Waals surface area contributed by atoms with Crippen LogP contribution < -0.4 is 5.73 Å². The molecule has 2 nitrogen and oxygen atoms in total. The first-order chi connectivity index (χ1) is 6.61. The molecular weight excluding hydrogens is 265 g/mol. The fourth-order valence-corrected chi connectivity index (χ4v) is 1.12. The van der Waals surface area contributed by atoms with Gasteiger partial charge in [-0.15, -0.1) is 0 Å². The van der Waals surface area contributed by atoms with Gasteiger partial charge in [0.1, 0.15) is 6.04 Å². The molecule has 1 atom stereocenters. The molecular formula is C10H14BrClNO+. The van der Waals surface area contributed by atoms with Crippen molar-refractivity contribution in [2.45, 2.75) is 13.0 Å². The number of carbonyl (C=O) groups is 1. The van der Waals surface area contributed by atoms with Crippen LogP contribution in [0.2, 0.25) is 5.02 Å². The second-order valence-electron chi connectivity index (χ2n) is 2.78. The predicted molar refractivity (Wildman–Crippen MR) is 63.0 cm³/mol. The zero-order chi connectivity index (χ0) is 11.1. The predicted octanol–water partition coefficient (Wildman–Crippen LogP) is 2.16. The van der Waals surface area contributed by atoms with Gasteiger partial charge in [0.25, 0.3) is 0 Å². The monoisotopic (exact) mass is 278 g/mol. The van der Waals surface area contributed by atoms with Crippen molar-refractivity contribution in [1.29, 1.82) is 0 Å². The summed E-state index contributed by atoms with van der Waals surface area (Å²) in [6, 6.07) is 6.69. The zero-order valence-corrected chi connectivity index (χ0v) is 10.6. The van der Waals surface area contributed by atoms with Gasteiger partial charge in [0, 0.05) is 10.6 Å². The highest BCUT2D eigenvalue weighted by molar-refractivity contribution is 9.08. The Kier molecular flexibility index (Phi) is 6.79. The molecule has 0 bridgehead atoms. The summed E-state index contributed by atoms with van der Waals surface area (Å²) in [6.45, 7) is 1.77. The molecule has 0 aliphatic rings. The summed E-state index contributed by atoms with van der Waals surface area (Å²) in [5, 5.41) is 0.585. The van der Waals surface area contributed by atoms with Gasteiger partial charge in [-0.1, -0.05) is 39.7 Å². The van der Waals surface area contributed by atoms with Gasteiger partial charge in [0.05, 0.1) is 0 Å². The second kappa shape index (κ2) is 6.98. The summed E-state index contributed by atoms with van der Waals surface area (Å²) in [5.74, 6) is 1.84. The van der Waals surface area contributed by atoms with Crippen molar-refractivity contribution in [3.8, 4) is 0 Å². The van der Waals surface area contributed by atoms with E-state index in [1.807, 2.05) is 5.83 Å². The number of alkyl halides is 1. The summed E-state index contributed by atoms with van der Waals surface area (Å²) < 4.78 is 0. The van der Waals surface area contributed by atoms with Gasteiger partial charge in [-0.3, -0.25) is 4.79 Å². The maximum Gasteiger partial charge on any atom is 0.219 e. The van der Waals surface area contributed by atoms with Crippen molar-refractivity contribution in [1.82, 2.24) is 0 Å². The van der Waals surface area contributed by atoms with Crippen LogP contribution in [0.4, 0.5) is 0 Å². The molecule has 14 heavy (non-hydrogen) atoms. The lowest BCUT2D eigenvalue weighted by atomic mass is 10.1. The van der Waals surface area contributed by atoms with Crippen LogP contribution in [-0.4, -0.2) is 17.7 Å². The van der Waals surface area contributed by atoms with Gasteiger partial charge in [-0.05, 0) is 24.9 Å². The third kappa shape index (κ3) is 4.22. The maximum atomic E-state index is 11.4. The molecule has 0 saturated heterocycles. The van der Waals surface area contributed by atoms with Crippen LogP contribution in [0.1, 0.15) is 17.3 Å². The largest absolute Gasteiger partial charge is 0.349 e. The second-order valence-corrected chi connectivity index (χ2v) is 3.21. The Morgan fingerprint density at radius 2 is 2.07 bits per heavy atom. The highest BCUT2D eigenvalue weighted by atomic mass is 79.9. The molecule has 0 spiro atoms. The molecule has 3 N–H and O–H groups in total. The molecule has 0 aliphatic carbocycles. The van der Waals surface area contributed by atoms with Crippen molar-refractivity contribution in [3.05, 3.63) is 34.9 Å². The van der Waals surface area contributed by atoms with Gasteiger partial charge in [-0.25, -0.2) is 0 Å².